The van der Waals surface area contributed by atoms with E-state index >= 15 is 0 Å². The third-order valence-electron chi connectivity index (χ3n) is 3.86. The van der Waals surface area contributed by atoms with Crippen molar-refractivity contribution in [3.8, 4) is 5.69 Å². The van der Waals surface area contributed by atoms with Gasteiger partial charge in [0.1, 0.15) is 0 Å². The number of aromatic nitrogens is 4. The molecule has 1 aromatic carbocycles. The third-order valence-corrected chi connectivity index (χ3v) is 3.86. The van der Waals surface area contributed by atoms with E-state index in [1.807, 2.05) is 42.3 Å². The zero-order valence-corrected chi connectivity index (χ0v) is 11.6. The first kappa shape index (κ1) is 13.1. The predicted molar refractivity (Wildman–Crippen MR) is 75.8 cm³/mol. The van der Waals surface area contributed by atoms with Crippen LogP contribution in [0.4, 0.5) is 5.95 Å². The zero-order chi connectivity index (χ0) is 14.0. The van der Waals surface area contributed by atoms with Gasteiger partial charge < -0.3 is 10.0 Å². The summed E-state index contributed by atoms with van der Waals surface area (Å²) in [6.45, 7) is 0.556. The molecule has 0 spiro atoms. The molecule has 0 saturated heterocycles. The molecule has 1 aromatic heterocycles. The highest BCUT2D eigenvalue weighted by Crippen LogP contribution is 2.30. The Bertz CT molecular complexity index is 562. The number of aliphatic hydroxyl groups is 1. The SMILES string of the molecule is CN(CC1(O)CCCC1)c1nnnn1-c1ccccc1. The summed E-state index contributed by atoms with van der Waals surface area (Å²) in [6.07, 6.45) is 3.89. The fourth-order valence-electron chi connectivity index (χ4n) is 2.86. The van der Waals surface area contributed by atoms with Crippen molar-refractivity contribution in [3.63, 3.8) is 0 Å². The van der Waals surface area contributed by atoms with E-state index in [4.69, 9.17) is 0 Å². The molecular formula is C14H19N5O. The molecule has 0 unspecified atom stereocenters. The van der Waals surface area contributed by atoms with Gasteiger partial charge in [0.25, 0.3) is 0 Å². The number of hydrogen-bond donors (Lipinski definition) is 1. The van der Waals surface area contributed by atoms with Crippen LogP contribution in [0.25, 0.3) is 5.69 Å². The third kappa shape index (κ3) is 2.51. The largest absolute Gasteiger partial charge is 0.388 e. The van der Waals surface area contributed by atoms with Crippen LogP contribution >= 0.6 is 0 Å². The van der Waals surface area contributed by atoms with Gasteiger partial charge >= 0.3 is 0 Å². The van der Waals surface area contributed by atoms with Crippen molar-refractivity contribution in [1.82, 2.24) is 20.2 Å². The van der Waals surface area contributed by atoms with E-state index in [9.17, 15) is 5.11 Å². The molecule has 1 N–H and O–H groups in total. The fourth-order valence-corrected chi connectivity index (χ4v) is 2.86. The summed E-state index contributed by atoms with van der Waals surface area (Å²) in [5.74, 6) is 0.650. The molecule has 2 aromatic rings. The van der Waals surface area contributed by atoms with Gasteiger partial charge in [0, 0.05) is 13.6 Å². The summed E-state index contributed by atoms with van der Waals surface area (Å²) in [7, 11) is 1.92. The van der Waals surface area contributed by atoms with Gasteiger partial charge in [-0.3, -0.25) is 0 Å². The van der Waals surface area contributed by atoms with Crippen LogP contribution in [0.2, 0.25) is 0 Å². The summed E-state index contributed by atoms with van der Waals surface area (Å²) < 4.78 is 1.69. The molecule has 0 bridgehead atoms. The van der Waals surface area contributed by atoms with Crippen molar-refractivity contribution < 1.29 is 5.11 Å². The standard InChI is InChI=1S/C14H19N5O/c1-18(11-14(20)9-5-6-10-14)13-15-16-17-19(13)12-7-3-2-4-8-12/h2-4,7-8,20H,5-6,9-11H2,1H3. The average molecular weight is 273 g/mol. The minimum atomic E-state index is -0.609. The lowest BCUT2D eigenvalue weighted by Gasteiger charge is -2.28. The lowest BCUT2D eigenvalue weighted by Crippen LogP contribution is -2.40. The maximum Gasteiger partial charge on any atom is 0.250 e. The molecule has 20 heavy (non-hydrogen) atoms. The van der Waals surface area contributed by atoms with Crippen LogP contribution in [0.1, 0.15) is 25.7 Å². The molecule has 1 aliphatic carbocycles. The van der Waals surface area contributed by atoms with Gasteiger partial charge in [-0.15, -0.1) is 0 Å². The number of benzene rings is 1. The van der Waals surface area contributed by atoms with Crippen molar-refractivity contribution in [2.45, 2.75) is 31.3 Å². The van der Waals surface area contributed by atoms with Crippen molar-refractivity contribution >= 4 is 5.95 Å². The number of tetrazole rings is 1. The lowest BCUT2D eigenvalue weighted by atomic mass is 10.0. The van der Waals surface area contributed by atoms with Crippen LogP contribution in [0.3, 0.4) is 0 Å². The van der Waals surface area contributed by atoms with Crippen LogP contribution in [0.5, 0.6) is 0 Å². The Morgan fingerprint density at radius 3 is 2.65 bits per heavy atom. The summed E-state index contributed by atoms with van der Waals surface area (Å²) in [5.41, 5.74) is 0.306. The van der Waals surface area contributed by atoms with Crippen LogP contribution in [-0.4, -0.2) is 44.5 Å². The van der Waals surface area contributed by atoms with Crippen molar-refractivity contribution in [3.05, 3.63) is 30.3 Å². The molecule has 6 heteroatoms. The Balaban J connectivity index is 1.82. The van der Waals surface area contributed by atoms with Crippen molar-refractivity contribution in [2.24, 2.45) is 0 Å². The first-order chi connectivity index (χ1) is 9.68. The fraction of sp³-hybridized carbons (Fsp3) is 0.500. The van der Waals surface area contributed by atoms with E-state index < -0.39 is 5.60 Å². The van der Waals surface area contributed by atoms with Crippen molar-refractivity contribution in [2.75, 3.05) is 18.5 Å². The monoisotopic (exact) mass is 273 g/mol. The number of likely N-dealkylation sites (N-methyl/N-ethyl adjacent to an activating group) is 1. The Kier molecular flexibility index (Phi) is 3.40. The predicted octanol–water partition coefficient (Wildman–Crippen LogP) is 1.40. The van der Waals surface area contributed by atoms with E-state index in [1.54, 1.807) is 4.68 Å². The normalized spacial score (nSPS) is 17.3. The Hall–Kier alpha value is -1.95. The number of anilines is 1. The second kappa shape index (κ2) is 5.20. The molecule has 0 amide bonds. The van der Waals surface area contributed by atoms with E-state index in [0.717, 1.165) is 31.4 Å². The summed E-state index contributed by atoms with van der Waals surface area (Å²) in [6, 6.07) is 9.77. The highest BCUT2D eigenvalue weighted by atomic mass is 16.3. The van der Waals surface area contributed by atoms with Gasteiger partial charge in [0.05, 0.1) is 11.3 Å². The van der Waals surface area contributed by atoms with Crippen LogP contribution < -0.4 is 4.90 Å². The summed E-state index contributed by atoms with van der Waals surface area (Å²) in [4.78, 5) is 1.93. The number of hydrogen-bond acceptors (Lipinski definition) is 5. The van der Waals surface area contributed by atoms with Crippen molar-refractivity contribution in [1.29, 1.82) is 0 Å². The molecule has 1 fully saturated rings. The first-order valence-corrected chi connectivity index (χ1v) is 6.95. The topological polar surface area (TPSA) is 67.1 Å². The molecule has 3 rings (SSSR count). The van der Waals surface area contributed by atoms with E-state index in [1.165, 1.54) is 0 Å². The zero-order valence-electron chi connectivity index (χ0n) is 11.6. The quantitative estimate of drug-likeness (QED) is 0.912. The van der Waals surface area contributed by atoms with Crippen LogP contribution in [0.15, 0.2) is 30.3 Å². The highest BCUT2D eigenvalue weighted by Gasteiger charge is 2.33. The molecule has 0 radical (unpaired) electrons. The molecule has 0 aliphatic heterocycles. The number of nitrogens with zero attached hydrogens (tertiary/aromatic N) is 5. The number of rotatable bonds is 4. The van der Waals surface area contributed by atoms with Gasteiger partial charge in [-0.05, 0) is 35.4 Å². The maximum atomic E-state index is 10.5. The van der Waals surface area contributed by atoms with Gasteiger partial charge in [0.2, 0.25) is 5.95 Å². The van der Waals surface area contributed by atoms with Gasteiger partial charge in [-0.2, -0.15) is 4.68 Å². The summed E-state index contributed by atoms with van der Waals surface area (Å²) in [5, 5.41) is 22.4. The second-order valence-electron chi connectivity index (χ2n) is 5.51. The minimum Gasteiger partial charge on any atom is -0.388 e. The number of para-hydroxylation sites is 1. The molecular weight excluding hydrogens is 254 g/mol. The van der Waals surface area contributed by atoms with Gasteiger partial charge in [-0.25, -0.2) is 0 Å². The second-order valence-corrected chi connectivity index (χ2v) is 5.51. The molecule has 106 valence electrons. The molecule has 0 atom stereocenters. The van der Waals surface area contributed by atoms with Gasteiger partial charge in [0.15, 0.2) is 0 Å². The van der Waals surface area contributed by atoms with Gasteiger partial charge in [-0.1, -0.05) is 36.1 Å². The van der Waals surface area contributed by atoms with Crippen LogP contribution in [0, 0.1) is 0 Å². The van der Waals surface area contributed by atoms with E-state index in [2.05, 4.69) is 15.5 Å². The van der Waals surface area contributed by atoms with E-state index in [0.29, 0.717) is 12.5 Å². The van der Waals surface area contributed by atoms with Crippen LogP contribution in [-0.2, 0) is 0 Å². The minimum absolute atomic E-state index is 0.556. The lowest BCUT2D eigenvalue weighted by molar-refractivity contribution is 0.0555. The average Bonchev–Trinajstić information content (AvgIpc) is 3.08. The smallest absolute Gasteiger partial charge is 0.250 e. The first-order valence-electron chi connectivity index (χ1n) is 6.95. The molecule has 1 saturated carbocycles. The maximum absolute atomic E-state index is 10.5. The molecule has 1 aliphatic rings. The Morgan fingerprint density at radius 2 is 1.95 bits per heavy atom. The Labute approximate surface area is 118 Å². The highest BCUT2D eigenvalue weighted by molar-refractivity contribution is 5.40. The molecule has 6 nitrogen and oxygen atoms in total. The Morgan fingerprint density at radius 1 is 1.25 bits per heavy atom. The van der Waals surface area contributed by atoms with E-state index in [-0.39, 0.29) is 0 Å². The molecule has 1 heterocycles. The summed E-state index contributed by atoms with van der Waals surface area (Å²) >= 11 is 0.